The van der Waals surface area contributed by atoms with E-state index in [4.69, 9.17) is 0 Å². The molecular formula is C14H17BrN2O2S. The van der Waals surface area contributed by atoms with Crippen molar-refractivity contribution in [3.8, 4) is 0 Å². The standard InChI is InChI=1S/C14H17BrN2O2S/c1-9(18)16-10-4-6-17(7-5-10)14(19)12-8-11(20)2-3-13(12)15/h2-3,8,10,20H,4-7H2,1H3,(H,16,18). The summed E-state index contributed by atoms with van der Waals surface area (Å²) in [6, 6.07) is 5.62. The Labute approximate surface area is 132 Å². The Morgan fingerprint density at radius 1 is 1.35 bits per heavy atom. The monoisotopic (exact) mass is 356 g/mol. The number of amides is 2. The molecule has 0 spiro atoms. The number of carbonyl (C=O) groups is 2. The van der Waals surface area contributed by atoms with Crippen molar-refractivity contribution in [2.45, 2.75) is 30.7 Å². The molecule has 2 amide bonds. The zero-order valence-corrected chi connectivity index (χ0v) is 13.7. The lowest BCUT2D eigenvalue weighted by Gasteiger charge is -2.32. The molecule has 1 saturated heterocycles. The summed E-state index contributed by atoms with van der Waals surface area (Å²) < 4.78 is 0.782. The van der Waals surface area contributed by atoms with Crippen LogP contribution < -0.4 is 5.32 Å². The Morgan fingerprint density at radius 2 is 2.00 bits per heavy atom. The van der Waals surface area contributed by atoms with Gasteiger partial charge in [-0.05, 0) is 47.0 Å². The Bertz CT molecular complexity index is 528. The van der Waals surface area contributed by atoms with E-state index in [1.165, 1.54) is 6.92 Å². The van der Waals surface area contributed by atoms with E-state index in [-0.39, 0.29) is 17.9 Å². The van der Waals surface area contributed by atoms with Crippen LogP contribution >= 0.6 is 28.6 Å². The van der Waals surface area contributed by atoms with Crippen LogP contribution in [0.15, 0.2) is 27.6 Å². The second kappa shape index (κ2) is 6.63. The molecule has 0 atom stereocenters. The quantitative estimate of drug-likeness (QED) is 0.799. The lowest BCUT2D eigenvalue weighted by molar-refractivity contribution is -0.119. The van der Waals surface area contributed by atoms with E-state index in [0.29, 0.717) is 18.7 Å². The predicted octanol–water partition coefficient (Wildman–Crippen LogP) is 2.48. The lowest BCUT2D eigenvalue weighted by atomic mass is 10.0. The molecule has 1 aliphatic rings. The maximum atomic E-state index is 12.5. The summed E-state index contributed by atoms with van der Waals surface area (Å²) in [4.78, 5) is 26.1. The summed E-state index contributed by atoms with van der Waals surface area (Å²) in [7, 11) is 0. The van der Waals surface area contributed by atoms with Crippen molar-refractivity contribution < 1.29 is 9.59 Å². The molecule has 20 heavy (non-hydrogen) atoms. The van der Waals surface area contributed by atoms with Crippen molar-refractivity contribution in [1.29, 1.82) is 0 Å². The average molecular weight is 357 g/mol. The number of halogens is 1. The van der Waals surface area contributed by atoms with Crippen LogP contribution in [-0.4, -0.2) is 35.8 Å². The first-order chi connectivity index (χ1) is 9.47. The Morgan fingerprint density at radius 3 is 2.60 bits per heavy atom. The molecule has 4 nitrogen and oxygen atoms in total. The van der Waals surface area contributed by atoms with Gasteiger partial charge in [0.25, 0.3) is 5.91 Å². The van der Waals surface area contributed by atoms with Crippen molar-refractivity contribution in [3.05, 3.63) is 28.2 Å². The fourth-order valence-corrected chi connectivity index (χ4v) is 2.98. The van der Waals surface area contributed by atoms with Crippen molar-refractivity contribution in [3.63, 3.8) is 0 Å². The smallest absolute Gasteiger partial charge is 0.255 e. The Balaban J connectivity index is 2.01. The molecule has 6 heteroatoms. The molecule has 0 saturated carbocycles. The van der Waals surface area contributed by atoms with Crippen LogP contribution in [0, 0.1) is 0 Å². The predicted molar refractivity (Wildman–Crippen MR) is 84.1 cm³/mol. The molecule has 0 unspecified atom stereocenters. The molecule has 108 valence electrons. The van der Waals surface area contributed by atoms with E-state index < -0.39 is 0 Å². The van der Waals surface area contributed by atoms with Gasteiger partial charge in [0.2, 0.25) is 5.91 Å². The van der Waals surface area contributed by atoms with Gasteiger partial charge in [-0.3, -0.25) is 9.59 Å². The number of hydrogen-bond donors (Lipinski definition) is 2. The third-order valence-electron chi connectivity index (χ3n) is 3.37. The molecule has 0 aliphatic carbocycles. The molecule has 1 aliphatic heterocycles. The highest BCUT2D eigenvalue weighted by atomic mass is 79.9. The fraction of sp³-hybridized carbons (Fsp3) is 0.429. The van der Waals surface area contributed by atoms with E-state index in [9.17, 15) is 9.59 Å². The highest BCUT2D eigenvalue weighted by molar-refractivity contribution is 9.10. The topological polar surface area (TPSA) is 49.4 Å². The van der Waals surface area contributed by atoms with Crippen molar-refractivity contribution >= 4 is 40.4 Å². The summed E-state index contributed by atoms with van der Waals surface area (Å²) in [5.41, 5.74) is 0.635. The summed E-state index contributed by atoms with van der Waals surface area (Å²) in [5.74, 6) is -0.00524. The number of hydrogen-bond acceptors (Lipinski definition) is 3. The number of benzene rings is 1. The van der Waals surface area contributed by atoms with Gasteiger partial charge in [0.1, 0.15) is 0 Å². The summed E-state index contributed by atoms with van der Waals surface area (Å²) in [6.07, 6.45) is 1.59. The number of nitrogens with zero attached hydrogens (tertiary/aromatic N) is 1. The van der Waals surface area contributed by atoms with Crippen LogP contribution in [0.5, 0.6) is 0 Å². The average Bonchev–Trinajstić information content (AvgIpc) is 2.41. The van der Waals surface area contributed by atoms with Gasteiger partial charge in [-0.15, -0.1) is 12.6 Å². The molecule has 1 aromatic carbocycles. The first-order valence-electron chi connectivity index (χ1n) is 6.52. The molecule has 1 aromatic rings. The van der Waals surface area contributed by atoms with Crippen LogP contribution in [0.1, 0.15) is 30.1 Å². The first-order valence-corrected chi connectivity index (χ1v) is 7.76. The summed E-state index contributed by atoms with van der Waals surface area (Å²) in [5, 5.41) is 2.90. The molecule has 1 N–H and O–H groups in total. The van der Waals surface area contributed by atoms with Crippen LogP contribution in [0.2, 0.25) is 0 Å². The summed E-state index contributed by atoms with van der Waals surface area (Å²) >= 11 is 7.68. The maximum Gasteiger partial charge on any atom is 0.255 e. The zero-order valence-electron chi connectivity index (χ0n) is 11.2. The molecule has 1 fully saturated rings. The van der Waals surface area contributed by atoms with Gasteiger partial charge in [-0.2, -0.15) is 0 Å². The minimum Gasteiger partial charge on any atom is -0.353 e. The van der Waals surface area contributed by atoms with E-state index >= 15 is 0 Å². The highest BCUT2D eigenvalue weighted by Crippen LogP contribution is 2.23. The van der Waals surface area contributed by atoms with Gasteiger partial charge in [0.05, 0.1) is 5.56 Å². The number of carbonyl (C=O) groups excluding carboxylic acids is 2. The lowest BCUT2D eigenvalue weighted by Crippen LogP contribution is -2.46. The van der Waals surface area contributed by atoms with Gasteiger partial charge < -0.3 is 10.2 Å². The second-order valence-electron chi connectivity index (χ2n) is 4.93. The minimum atomic E-state index is -0.0136. The van der Waals surface area contributed by atoms with Crippen LogP contribution in [-0.2, 0) is 4.79 Å². The van der Waals surface area contributed by atoms with Crippen molar-refractivity contribution in [2.75, 3.05) is 13.1 Å². The molecule has 2 rings (SSSR count). The van der Waals surface area contributed by atoms with Gasteiger partial charge in [0.15, 0.2) is 0 Å². The van der Waals surface area contributed by atoms with Crippen LogP contribution in [0.4, 0.5) is 0 Å². The molecule has 1 heterocycles. The van der Waals surface area contributed by atoms with E-state index in [2.05, 4.69) is 33.9 Å². The fourth-order valence-electron chi connectivity index (χ4n) is 2.36. The third kappa shape index (κ3) is 3.76. The van der Waals surface area contributed by atoms with Crippen molar-refractivity contribution in [1.82, 2.24) is 10.2 Å². The van der Waals surface area contributed by atoms with Crippen molar-refractivity contribution in [2.24, 2.45) is 0 Å². The minimum absolute atomic E-state index is 0.00838. The number of rotatable bonds is 2. The summed E-state index contributed by atoms with van der Waals surface area (Å²) in [6.45, 7) is 2.84. The number of likely N-dealkylation sites (tertiary alicyclic amines) is 1. The molecule has 0 aromatic heterocycles. The van der Waals surface area contributed by atoms with E-state index in [0.717, 1.165) is 22.2 Å². The Hall–Kier alpha value is -1.01. The number of thiol groups is 1. The number of piperidine rings is 1. The van der Waals surface area contributed by atoms with Crippen LogP contribution in [0.3, 0.4) is 0 Å². The Kier molecular flexibility index (Phi) is 5.10. The second-order valence-corrected chi connectivity index (χ2v) is 6.30. The van der Waals surface area contributed by atoms with Gasteiger partial charge in [0, 0.05) is 35.4 Å². The SMILES string of the molecule is CC(=O)NC1CCN(C(=O)c2cc(S)ccc2Br)CC1. The maximum absolute atomic E-state index is 12.5. The molecular weight excluding hydrogens is 340 g/mol. The van der Waals surface area contributed by atoms with E-state index in [1.54, 1.807) is 6.07 Å². The highest BCUT2D eigenvalue weighted by Gasteiger charge is 2.25. The van der Waals surface area contributed by atoms with Gasteiger partial charge in [-0.1, -0.05) is 0 Å². The van der Waals surface area contributed by atoms with E-state index in [1.807, 2.05) is 17.0 Å². The zero-order chi connectivity index (χ0) is 14.7. The van der Waals surface area contributed by atoms with Gasteiger partial charge >= 0.3 is 0 Å². The number of nitrogens with one attached hydrogen (secondary N) is 1. The van der Waals surface area contributed by atoms with Gasteiger partial charge in [-0.25, -0.2) is 0 Å². The molecule has 0 radical (unpaired) electrons. The molecule has 0 bridgehead atoms. The largest absolute Gasteiger partial charge is 0.353 e. The van der Waals surface area contributed by atoms with Crippen LogP contribution in [0.25, 0.3) is 0 Å². The third-order valence-corrected chi connectivity index (χ3v) is 4.34. The first kappa shape index (κ1) is 15.4. The normalized spacial score (nSPS) is 16.1.